The summed E-state index contributed by atoms with van der Waals surface area (Å²) in [7, 11) is 0. The topological polar surface area (TPSA) is 93.9 Å². The molecule has 1 heterocycles. The third-order valence-electron chi connectivity index (χ3n) is 5.17. The minimum absolute atomic E-state index is 0.142. The first-order chi connectivity index (χ1) is 15.5. The van der Waals surface area contributed by atoms with Crippen molar-refractivity contribution in [3.05, 3.63) is 88.0 Å². The van der Waals surface area contributed by atoms with Crippen LogP contribution < -0.4 is 15.0 Å². The lowest BCUT2D eigenvalue weighted by molar-refractivity contribution is -0.384. The Morgan fingerprint density at radius 1 is 1.06 bits per heavy atom. The molecule has 1 aliphatic heterocycles. The van der Waals surface area contributed by atoms with Gasteiger partial charge < -0.3 is 19.7 Å². The quantitative estimate of drug-likeness (QED) is 0.444. The summed E-state index contributed by atoms with van der Waals surface area (Å²) in [5, 5.41) is 14.2. The standard InChI is InChI=1S/C24H23N3O5/c1-17-6-9-19(10-7-17)32-23-5-3-2-4-21(23)25-24(28)20-16-18(27(29)30)8-11-22(20)26-12-14-31-15-13-26/h2-11,16H,12-15H2,1H3,(H,25,28). The second kappa shape index (κ2) is 9.49. The molecule has 164 valence electrons. The average Bonchev–Trinajstić information content (AvgIpc) is 2.82. The van der Waals surface area contributed by atoms with Crippen LogP contribution in [0.15, 0.2) is 66.7 Å². The van der Waals surface area contributed by atoms with Crippen LogP contribution in [0.25, 0.3) is 0 Å². The SMILES string of the molecule is Cc1ccc(Oc2ccccc2NC(=O)c2cc([N+](=O)[O-])ccc2N2CCOCC2)cc1. The number of hydrogen-bond acceptors (Lipinski definition) is 6. The fraction of sp³-hybridized carbons (Fsp3) is 0.208. The van der Waals surface area contributed by atoms with Gasteiger partial charge in [0.15, 0.2) is 5.75 Å². The Kier molecular flexibility index (Phi) is 6.32. The molecule has 8 heteroatoms. The molecule has 1 fully saturated rings. The summed E-state index contributed by atoms with van der Waals surface area (Å²) in [5.74, 6) is 0.667. The van der Waals surface area contributed by atoms with Gasteiger partial charge in [-0.25, -0.2) is 0 Å². The van der Waals surface area contributed by atoms with E-state index in [1.165, 1.54) is 12.1 Å². The van der Waals surface area contributed by atoms with Gasteiger partial charge in [-0.1, -0.05) is 29.8 Å². The van der Waals surface area contributed by atoms with Crippen LogP contribution in [0.2, 0.25) is 0 Å². The number of morpholine rings is 1. The van der Waals surface area contributed by atoms with Gasteiger partial charge in [-0.3, -0.25) is 14.9 Å². The minimum Gasteiger partial charge on any atom is -0.455 e. The van der Waals surface area contributed by atoms with Gasteiger partial charge in [0.1, 0.15) is 5.75 Å². The molecule has 8 nitrogen and oxygen atoms in total. The zero-order valence-electron chi connectivity index (χ0n) is 17.6. The van der Waals surface area contributed by atoms with Crippen LogP contribution >= 0.6 is 0 Å². The van der Waals surface area contributed by atoms with Crippen molar-refractivity contribution in [2.45, 2.75) is 6.92 Å². The van der Waals surface area contributed by atoms with Gasteiger partial charge in [-0.2, -0.15) is 0 Å². The first-order valence-corrected chi connectivity index (χ1v) is 10.3. The number of rotatable bonds is 6. The minimum atomic E-state index is -0.506. The van der Waals surface area contributed by atoms with Crippen molar-refractivity contribution in [2.75, 3.05) is 36.5 Å². The number of nitro benzene ring substituents is 1. The molecule has 3 aromatic rings. The third-order valence-corrected chi connectivity index (χ3v) is 5.17. The fourth-order valence-electron chi connectivity index (χ4n) is 3.48. The Bertz CT molecular complexity index is 1120. The zero-order chi connectivity index (χ0) is 22.5. The van der Waals surface area contributed by atoms with Crippen molar-refractivity contribution >= 4 is 23.0 Å². The maximum absolute atomic E-state index is 13.3. The summed E-state index contributed by atoms with van der Waals surface area (Å²) in [4.78, 5) is 26.1. The van der Waals surface area contributed by atoms with Gasteiger partial charge in [-0.05, 0) is 37.3 Å². The van der Waals surface area contributed by atoms with Crippen molar-refractivity contribution in [1.29, 1.82) is 0 Å². The Morgan fingerprint density at radius 3 is 2.50 bits per heavy atom. The molecule has 1 aliphatic rings. The van der Waals surface area contributed by atoms with Gasteiger partial charge in [0.05, 0.1) is 35.1 Å². The molecule has 1 N–H and O–H groups in total. The molecule has 0 aromatic heterocycles. The molecule has 0 spiro atoms. The summed E-state index contributed by atoms with van der Waals surface area (Å²) < 4.78 is 11.4. The number of amides is 1. The van der Waals surface area contributed by atoms with Crippen molar-refractivity contribution in [3.8, 4) is 11.5 Å². The number of aryl methyl sites for hydroxylation is 1. The Balaban J connectivity index is 1.63. The summed E-state index contributed by atoms with van der Waals surface area (Å²) >= 11 is 0. The summed E-state index contributed by atoms with van der Waals surface area (Å²) in [6.07, 6.45) is 0. The molecule has 0 atom stereocenters. The average molecular weight is 433 g/mol. The number of para-hydroxylation sites is 2. The molecule has 3 aromatic carbocycles. The fourth-order valence-corrected chi connectivity index (χ4v) is 3.48. The van der Waals surface area contributed by atoms with E-state index in [0.29, 0.717) is 49.2 Å². The van der Waals surface area contributed by atoms with Crippen LogP contribution in [0.1, 0.15) is 15.9 Å². The molecule has 1 amide bonds. The number of hydrogen-bond donors (Lipinski definition) is 1. The lowest BCUT2D eigenvalue weighted by Crippen LogP contribution is -2.37. The van der Waals surface area contributed by atoms with Gasteiger partial charge >= 0.3 is 0 Å². The van der Waals surface area contributed by atoms with Gasteiger partial charge in [0, 0.05) is 25.2 Å². The normalized spacial score (nSPS) is 13.5. The van der Waals surface area contributed by atoms with Crippen LogP contribution in [0.3, 0.4) is 0 Å². The van der Waals surface area contributed by atoms with Crippen molar-refractivity contribution < 1.29 is 19.2 Å². The summed E-state index contributed by atoms with van der Waals surface area (Å²) in [6.45, 7) is 4.26. The first kappa shape index (κ1) is 21.3. The molecule has 0 bridgehead atoms. The van der Waals surface area contributed by atoms with Crippen LogP contribution in [0.4, 0.5) is 17.1 Å². The van der Waals surface area contributed by atoms with Gasteiger partial charge in [-0.15, -0.1) is 0 Å². The second-order valence-corrected chi connectivity index (χ2v) is 7.42. The van der Waals surface area contributed by atoms with E-state index >= 15 is 0 Å². The zero-order valence-corrected chi connectivity index (χ0v) is 17.6. The number of carbonyl (C=O) groups is 1. The third kappa shape index (κ3) is 4.87. The summed E-state index contributed by atoms with van der Waals surface area (Å²) in [6, 6.07) is 19.0. The monoisotopic (exact) mass is 433 g/mol. The van der Waals surface area contributed by atoms with E-state index in [1.54, 1.807) is 24.3 Å². The lowest BCUT2D eigenvalue weighted by Gasteiger charge is -2.30. The van der Waals surface area contributed by atoms with Crippen LogP contribution in [-0.4, -0.2) is 37.1 Å². The maximum atomic E-state index is 13.3. The Morgan fingerprint density at radius 2 is 1.78 bits per heavy atom. The highest BCUT2D eigenvalue weighted by Gasteiger charge is 2.23. The van der Waals surface area contributed by atoms with Crippen LogP contribution in [0, 0.1) is 17.0 Å². The molecule has 32 heavy (non-hydrogen) atoms. The number of nitro groups is 1. The van der Waals surface area contributed by atoms with E-state index in [9.17, 15) is 14.9 Å². The molecule has 1 saturated heterocycles. The molecule has 0 unspecified atom stereocenters. The number of anilines is 2. The smallest absolute Gasteiger partial charge is 0.270 e. The summed E-state index contributed by atoms with van der Waals surface area (Å²) in [5.41, 5.74) is 2.30. The molecule has 0 saturated carbocycles. The predicted octanol–water partition coefficient (Wildman–Crippen LogP) is 4.78. The highest BCUT2D eigenvalue weighted by molar-refractivity contribution is 6.09. The molecule has 4 rings (SSSR count). The van der Waals surface area contributed by atoms with Crippen molar-refractivity contribution in [1.82, 2.24) is 0 Å². The number of nitrogens with zero attached hydrogens (tertiary/aromatic N) is 2. The van der Waals surface area contributed by atoms with E-state index in [2.05, 4.69) is 5.32 Å². The van der Waals surface area contributed by atoms with E-state index < -0.39 is 10.8 Å². The van der Waals surface area contributed by atoms with E-state index in [0.717, 1.165) is 5.56 Å². The van der Waals surface area contributed by atoms with Crippen LogP contribution in [0.5, 0.6) is 11.5 Å². The largest absolute Gasteiger partial charge is 0.455 e. The molecule has 0 aliphatic carbocycles. The Labute approximate surface area is 185 Å². The number of benzene rings is 3. The lowest BCUT2D eigenvalue weighted by atomic mass is 10.1. The van der Waals surface area contributed by atoms with Crippen molar-refractivity contribution in [3.63, 3.8) is 0 Å². The van der Waals surface area contributed by atoms with Gasteiger partial charge in [0.2, 0.25) is 0 Å². The number of nitrogens with one attached hydrogen (secondary N) is 1. The number of non-ortho nitro benzene ring substituents is 1. The van der Waals surface area contributed by atoms with Gasteiger partial charge in [0.25, 0.3) is 11.6 Å². The predicted molar refractivity (Wildman–Crippen MR) is 122 cm³/mol. The Hall–Kier alpha value is -3.91. The maximum Gasteiger partial charge on any atom is 0.270 e. The second-order valence-electron chi connectivity index (χ2n) is 7.42. The van der Waals surface area contributed by atoms with E-state index in [1.807, 2.05) is 42.2 Å². The van der Waals surface area contributed by atoms with Crippen molar-refractivity contribution in [2.24, 2.45) is 0 Å². The number of carbonyl (C=O) groups excluding carboxylic acids is 1. The highest BCUT2D eigenvalue weighted by Crippen LogP contribution is 2.32. The highest BCUT2D eigenvalue weighted by atomic mass is 16.6. The molecular weight excluding hydrogens is 410 g/mol. The van der Waals surface area contributed by atoms with E-state index in [-0.39, 0.29) is 11.3 Å². The molecule has 0 radical (unpaired) electrons. The first-order valence-electron chi connectivity index (χ1n) is 10.3. The van der Waals surface area contributed by atoms with Crippen LogP contribution in [-0.2, 0) is 4.74 Å². The molecular formula is C24H23N3O5. The number of ether oxygens (including phenoxy) is 2. The van der Waals surface area contributed by atoms with E-state index in [4.69, 9.17) is 9.47 Å².